The second-order valence-corrected chi connectivity index (χ2v) is 6.46. The lowest BCUT2D eigenvalue weighted by Crippen LogP contribution is -2.30. The first-order chi connectivity index (χ1) is 14.1. The van der Waals surface area contributed by atoms with Crippen LogP contribution in [0.3, 0.4) is 0 Å². The molecule has 0 spiro atoms. The maximum Gasteiger partial charge on any atom is 0.329 e. The Bertz CT molecular complexity index is 1100. The summed E-state index contributed by atoms with van der Waals surface area (Å²) < 4.78 is 19.7. The van der Waals surface area contributed by atoms with E-state index >= 15 is 0 Å². The van der Waals surface area contributed by atoms with Gasteiger partial charge in [-0.05, 0) is 42.0 Å². The van der Waals surface area contributed by atoms with E-state index in [1.54, 1.807) is 48.5 Å². The average Bonchev–Trinajstić information content (AvgIpc) is 2.98. The van der Waals surface area contributed by atoms with E-state index in [4.69, 9.17) is 4.74 Å². The average molecular weight is 388 g/mol. The molecule has 0 radical (unpaired) electrons. The summed E-state index contributed by atoms with van der Waals surface area (Å²) in [5.74, 6) is 0.327. The molecule has 5 nitrogen and oxygen atoms in total. The van der Waals surface area contributed by atoms with Gasteiger partial charge in [0.05, 0.1) is 6.54 Å². The smallest absolute Gasteiger partial charge is 0.329 e. The molecule has 3 aromatic rings. The molecule has 3 aromatic carbocycles. The Morgan fingerprint density at radius 2 is 1.62 bits per heavy atom. The zero-order valence-corrected chi connectivity index (χ0v) is 15.3. The standard InChI is InChI=1S/C23H17FN2O3/c24-20-12-5-4-8-17(20)15-26-22(27)21(25-23(26)28)14-16-7-6-11-19(13-16)29-18-9-2-1-3-10-18/h1-14H,15H2,(H,25,28)/b21-14+. The van der Waals surface area contributed by atoms with Gasteiger partial charge in [-0.15, -0.1) is 0 Å². The van der Waals surface area contributed by atoms with E-state index in [0.717, 1.165) is 4.90 Å². The number of para-hydroxylation sites is 1. The van der Waals surface area contributed by atoms with Crippen molar-refractivity contribution in [3.8, 4) is 11.5 Å². The van der Waals surface area contributed by atoms with Gasteiger partial charge in [-0.3, -0.25) is 9.69 Å². The molecule has 0 aromatic heterocycles. The number of hydrogen-bond donors (Lipinski definition) is 1. The van der Waals surface area contributed by atoms with Gasteiger partial charge in [0.25, 0.3) is 5.91 Å². The van der Waals surface area contributed by atoms with E-state index in [1.165, 1.54) is 6.07 Å². The van der Waals surface area contributed by atoms with Crippen molar-refractivity contribution < 1.29 is 18.7 Å². The highest BCUT2D eigenvalue weighted by molar-refractivity contribution is 6.13. The molecular formula is C23H17FN2O3. The third kappa shape index (κ3) is 4.16. The topological polar surface area (TPSA) is 58.6 Å². The number of nitrogens with one attached hydrogen (secondary N) is 1. The summed E-state index contributed by atoms with van der Waals surface area (Å²) in [5.41, 5.74) is 1.09. The number of nitrogens with zero attached hydrogens (tertiary/aromatic N) is 1. The fourth-order valence-corrected chi connectivity index (χ4v) is 2.97. The lowest BCUT2D eigenvalue weighted by molar-refractivity contribution is -0.123. The van der Waals surface area contributed by atoms with Gasteiger partial charge in [0.2, 0.25) is 0 Å². The van der Waals surface area contributed by atoms with Gasteiger partial charge in [-0.1, -0.05) is 48.5 Å². The summed E-state index contributed by atoms with van der Waals surface area (Å²) in [6, 6.07) is 21.9. The molecular weight excluding hydrogens is 371 g/mol. The third-order valence-electron chi connectivity index (χ3n) is 4.40. The van der Waals surface area contributed by atoms with Gasteiger partial charge in [0.1, 0.15) is 23.0 Å². The monoisotopic (exact) mass is 388 g/mol. The first-order valence-electron chi connectivity index (χ1n) is 9.01. The van der Waals surface area contributed by atoms with Crippen molar-refractivity contribution in [2.75, 3.05) is 0 Å². The fraction of sp³-hybridized carbons (Fsp3) is 0.0435. The van der Waals surface area contributed by atoms with Crippen LogP contribution >= 0.6 is 0 Å². The molecule has 4 rings (SSSR count). The van der Waals surface area contributed by atoms with E-state index in [9.17, 15) is 14.0 Å². The highest BCUT2D eigenvalue weighted by atomic mass is 19.1. The molecule has 0 saturated carbocycles. The molecule has 144 valence electrons. The summed E-state index contributed by atoms with van der Waals surface area (Å²) >= 11 is 0. The number of halogens is 1. The van der Waals surface area contributed by atoms with Crippen LogP contribution in [-0.4, -0.2) is 16.8 Å². The van der Waals surface area contributed by atoms with Gasteiger partial charge in [-0.2, -0.15) is 0 Å². The highest BCUT2D eigenvalue weighted by Gasteiger charge is 2.33. The third-order valence-corrected chi connectivity index (χ3v) is 4.40. The lowest BCUT2D eigenvalue weighted by Gasteiger charge is -2.12. The maximum absolute atomic E-state index is 13.9. The highest BCUT2D eigenvalue weighted by Crippen LogP contribution is 2.24. The summed E-state index contributed by atoms with van der Waals surface area (Å²) in [4.78, 5) is 25.8. The molecule has 1 N–H and O–H groups in total. The van der Waals surface area contributed by atoms with Gasteiger partial charge < -0.3 is 10.1 Å². The Balaban J connectivity index is 1.53. The SMILES string of the molecule is O=C1N/C(=C/c2cccc(Oc3ccccc3)c2)C(=O)N1Cc1ccccc1F. The number of benzene rings is 3. The number of carbonyl (C=O) groups excluding carboxylic acids is 2. The quantitative estimate of drug-likeness (QED) is 0.509. The van der Waals surface area contributed by atoms with Crippen LogP contribution in [0, 0.1) is 5.82 Å². The predicted octanol–water partition coefficient (Wildman–Crippen LogP) is 4.71. The predicted molar refractivity (Wildman–Crippen MR) is 106 cm³/mol. The van der Waals surface area contributed by atoms with Gasteiger partial charge in [-0.25, -0.2) is 9.18 Å². The van der Waals surface area contributed by atoms with Crippen LogP contribution in [0.4, 0.5) is 9.18 Å². The van der Waals surface area contributed by atoms with Crippen LogP contribution in [-0.2, 0) is 11.3 Å². The summed E-state index contributed by atoms with van der Waals surface area (Å²) in [6.45, 7) is -0.133. The van der Waals surface area contributed by atoms with E-state index < -0.39 is 17.8 Å². The zero-order chi connectivity index (χ0) is 20.2. The van der Waals surface area contributed by atoms with Crippen molar-refractivity contribution in [2.45, 2.75) is 6.54 Å². The zero-order valence-electron chi connectivity index (χ0n) is 15.3. The largest absolute Gasteiger partial charge is 0.457 e. The number of amides is 3. The molecule has 1 heterocycles. The van der Waals surface area contributed by atoms with Crippen molar-refractivity contribution in [2.24, 2.45) is 0 Å². The number of ether oxygens (including phenoxy) is 1. The molecule has 3 amide bonds. The minimum Gasteiger partial charge on any atom is -0.457 e. The first kappa shape index (κ1) is 18.4. The molecule has 6 heteroatoms. The van der Waals surface area contributed by atoms with Crippen molar-refractivity contribution in [3.05, 3.63) is 102 Å². The molecule has 0 unspecified atom stereocenters. The lowest BCUT2D eigenvalue weighted by atomic mass is 10.1. The molecule has 0 aliphatic carbocycles. The summed E-state index contributed by atoms with van der Waals surface area (Å²) in [7, 11) is 0. The molecule has 1 aliphatic rings. The van der Waals surface area contributed by atoms with E-state index in [1.807, 2.05) is 30.3 Å². The fourth-order valence-electron chi connectivity index (χ4n) is 2.97. The second-order valence-electron chi connectivity index (χ2n) is 6.46. The Hall–Kier alpha value is -3.93. The molecule has 1 fully saturated rings. The summed E-state index contributed by atoms with van der Waals surface area (Å²) in [6.07, 6.45) is 1.57. The van der Waals surface area contributed by atoms with Crippen LogP contribution in [0.2, 0.25) is 0 Å². The molecule has 1 aliphatic heterocycles. The van der Waals surface area contributed by atoms with Gasteiger partial charge >= 0.3 is 6.03 Å². The van der Waals surface area contributed by atoms with Crippen LogP contribution in [0.15, 0.2) is 84.6 Å². The second kappa shape index (κ2) is 7.98. The van der Waals surface area contributed by atoms with Crippen molar-refractivity contribution in [1.29, 1.82) is 0 Å². The van der Waals surface area contributed by atoms with E-state index in [0.29, 0.717) is 17.1 Å². The van der Waals surface area contributed by atoms with Crippen LogP contribution in [0.5, 0.6) is 11.5 Å². The molecule has 1 saturated heterocycles. The normalized spacial score (nSPS) is 14.9. The first-order valence-corrected chi connectivity index (χ1v) is 9.01. The van der Waals surface area contributed by atoms with Gasteiger partial charge in [0, 0.05) is 5.56 Å². The van der Waals surface area contributed by atoms with E-state index in [-0.39, 0.29) is 17.8 Å². The minimum absolute atomic E-state index is 0.128. The van der Waals surface area contributed by atoms with Gasteiger partial charge in [0.15, 0.2) is 0 Å². The number of carbonyl (C=O) groups is 2. The minimum atomic E-state index is -0.582. The number of urea groups is 1. The van der Waals surface area contributed by atoms with Crippen LogP contribution in [0.1, 0.15) is 11.1 Å². The molecule has 0 atom stereocenters. The Morgan fingerprint density at radius 3 is 2.41 bits per heavy atom. The van der Waals surface area contributed by atoms with Crippen molar-refractivity contribution in [3.63, 3.8) is 0 Å². The Kier molecular flexibility index (Phi) is 5.07. The maximum atomic E-state index is 13.9. The Morgan fingerprint density at radius 1 is 0.897 bits per heavy atom. The molecule has 29 heavy (non-hydrogen) atoms. The summed E-state index contributed by atoms with van der Waals surface area (Å²) in [5, 5.41) is 2.55. The number of hydrogen-bond acceptors (Lipinski definition) is 3. The van der Waals surface area contributed by atoms with E-state index in [2.05, 4.69) is 5.32 Å². The van der Waals surface area contributed by atoms with Crippen molar-refractivity contribution in [1.82, 2.24) is 10.2 Å². The van der Waals surface area contributed by atoms with Crippen LogP contribution < -0.4 is 10.1 Å². The molecule has 0 bridgehead atoms. The number of rotatable bonds is 5. The van der Waals surface area contributed by atoms with Crippen molar-refractivity contribution >= 4 is 18.0 Å². The van der Waals surface area contributed by atoms with Crippen LogP contribution in [0.25, 0.3) is 6.08 Å². The Labute approximate surface area is 167 Å². The number of imide groups is 1.